The van der Waals surface area contributed by atoms with E-state index < -0.39 is 35.4 Å². The zero-order valence-corrected chi connectivity index (χ0v) is 22.5. The van der Waals surface area contributed by atoms with Gasteiger partial charge in [0.05, 0.1) is 27.1 Å². The van der Waals surface area contributed by atoms with Crippen LogP contribution in [-0.2, 0) is 14.3 Å². The fraction of sp³-hybridized carbons (Fsp3) is 0.185. The van der Waals surface area contributed by atoms with Crippen molar-refractivity contribution in [2.24, 2.45) is 0 Å². The number of ketones is 1. The van der Waals surface area contributed by atoms with Gasteiger partial charge in [0.15, 0.2) is 6.61 Å². The number of thioether (sulfide) groups is 1. The number of amides is 2. The minimum Gasteiger partial charge on any atom is -0.454 e. The fourth-order valence-electron chi connectivity index (χ4n) is 3.88. The third-order valence-corrected chi connectivity index (χ3v) is 7.43. The third-order valence-electron chi connectivity index (χ3n) is 5.71. The molecule has 1 aromatic heterocycles. The number of aromatic nitrogens is 1. The average molecular weight is 568 g/mol. The molecule has 2 amide bonds. The Balaban J connectivity index is 1.42. The van der Waals surface area contributed by atoms with Crippen LogP contribution < -0.4 is 4.90 Å². The number of rotatable bonds is 7. The van der Waals surface area contributed by atoms with Gasteiger partial charge in [-0.15, -0.1) is 0 Å². The van der Waals surface area contributed by atoms with Crippen molar-refractivity contribution in [1.82, 2.24) is 4.98 Å². The summed E-state index contributed by atoms with van der Waals surface area (Å²) < 4.78 is 5.10. The summed E-state index contributed by atoms with van der Waals surface area (Å²) in [5, 5.41) is 9.69. The van der Waals surface area contributed by atoms with E-state index >= 15 is 0 Å². The molecule has 2 aromatic carbocycles. The van der Waals surface area contributed by atoms with E-state index in [1.54, 1.807) is 19.9 Å². The summed E-state index contributed by atoms with van der Waals surface area (Å²) in [4.78, 5) is 56.0. The Morgan fingerprint density at radius 1 is 1.13 bits per heavy atom. The number of anilines is 1. The number of benzene rings is 2. The van der Waals surface area contributed by atoms with Crippen LogP contribution in [0.1, 0.15) is 44.0 Å². The maximum Gasteiger partial charge on any atom is 0.338 e. The van der Waals surface area contributed by atoms with Gasteiger partial charge in [-0.3, -0.25) is 14.4 Å². The summed E-state index contributed by atoms with van der Waals surface area (Å²) in [6.45, 7) is 3.06. The Hall–Kier alpha value is -3.71. The Labute approximate surface area is 232 Å². The van der Waals surface area contributed by atoms with Gasteiger partial charge in [-0.25, -0.2) is 14.7 Å². The van der Waals surface area contributed by atoms with E-state index in [0.717, 1.165) is 22.2 Å². The molecular formula is C27H19Cl2N3O5S. The number of Topliss-reactive ketones (excluding diaryl/α,β-unsaturated/α-hetero) is 1. The molecule has 0 saturated carbocycles. The Morgan fingerprint density at radius 3 is 2.50 bits per heavy atom. The normalized spacial score (nSPS) is 14.9. The van der Waals surface area contributed by atoms with E-state index in [1.165, 1.54) is 42.5 Å². The van der Waals surface area contributed by atoms with Crippen LogP contribution in [0.15, 0.2) is 53.6 Å². The molecule has 1 fully saturated rings. The molecule has 192 valence electrons. The molecule has 1 aliphatic heterocycles. The number of aryl methyl sites for hydroxylation is 2. The summed E-state index contributed by atoms with van der Waals surface area (Å²) in [6, 6.07) is 14.0. The summed E-state index contributed by atoms with van der Waals surface area (Å²) in [6.07, 6.45) is -0.0534. The lowest BCUT2D eigenvalue weighted by Crippen LogP contribution is -2.31. The van der Waals surface area contributed by atoms with E-state index in [0.29, 0.717) is 21.3 Å². The fourth-order valence-corrected chi connectivity index (χ4v) is 5.62. The number of esters is 1. The standard InChI is InChI=1S/C27H19Cl2N3O5S/c1-14-9-15(2)31-25(20(14)12-30)38-23-11-24(34)32(26(23)35)18-6-3-16(4-7-18)27(36)37-13-22(33)19-8-5-17(28)10-21(19)29/h3-10,23H,11,13H2,1-2H3. The molecule has 0 aliphatic carbocycles. The molecular weight excluding hydrogens is 549 g/mol. The largest absolute Gasteiger partial charge is 0.454 e. The molecule has 0 spiro atoms. The van der Waals surface area contributed by atoms with Crippen molar-refractivity contribution < 1.29 is 23.9 Å². The van der Waals surface area contributed by atoms with Gasteiger partial charge in [0.25, 0.3) is 0 Å². The van der Waals surface area contributed by atoms with Crippen molar-refractivity contribution in [3.8, 4) is 6.07 Å². The van der Waals surface area contributed by atoms with Crippen molar-refractivity contribution in [2.45, 2.75) is 30.5 Å². The molecule has 0 bridgehead atoms. The van der Waals surface area contributed by atoms with Gasteiger partial charge in [0.2, 0.25) is 17.6 Å². The van der Waals surface area contributed by atoms with Crippen molar-refractivity contribution in [3.05, 3.63) is 86.5 Å². The quantitative estimate of drug-likeness (QED) is 0.213. The minimum atomic E-state index is -0.757. The van der Waals surface area contributed by atoms with Crippen LogP contribution in [0.3, 0.4) is 0 Å². The predicted molar refractivity (Wildman–Crippen MR) is 143 cm³/mol. The summed E-state index contributed by atoms with van der Waals surface area (Å²) >= 11 is 12.9. The number of carbonyl (C=O) groups is 4. The van der Waals surface area contributed by atoms with E-state index in [4.69, 9.17) is 27.9 Å². The monoisotopic (exact) mass is 567 g/mol. The van der Waals surface area contributed by atoms with Gasteiger partial charge in [0, 0.05) is 22.7 Å². The number of hydrogen-bond donors (Lipinski definition) is 0. The van der Waals surface area contributed by atoms with Gasteiger partial charge < -0.3 is 4.74 Å². The molecule has 1 unspecified atom stereocenters. The van der Waals surface area contributed by atoms with Crippen LogP contribution in [0.25, 0.3) is 0 Å². The van der Waals surface area contributed by atoms with Gasteiger partial charge in [-0.1, -0.05) is 35.0 Å². The molecule has 8 nitrogen and oxygen atoms in total. The van der Waals surface area contributed by atoms with Gasteiger partial charge in [0.1, 0.15) is 11.1 Å². The van der Waals surface area contributed by atoms with Crippen LogP contribution in [0.5, 0.6) is 0 Å². The third kappa shape index (κ3) is 5.73. The highest BCUT2D eigenvalue weighted by Crippen LogP contribution is 2.35. The number of nitriles is 1. The molecule has 11 heteroatoms. The number of hydrogen-bond acceptors (Lipinski definition) is 8. The number of halogens is 2. The Bertz CT molecular complexity index is 1520. The molecule has 0 N–H and O–H groups in total. The molecule has 4 rings (SSSR count). The summed E-state index contributed by atoms with van der Waals surface area (Å²) in [7, 11) is 0. The van der Waals surface area contributed by atoms with E-state index in [2.05, 4.69) is 11.1 Å². The first-order chi connectivity index (χ1) is 18.1. The van der Waals surface area contributed by atoms with Gasteiger partial charge in [-0.05, 0) is 67.9 Å². The van der Waals surface area contributed by atoms with Crippen molar-refractivity contribution in [1.29, 1.82) is 5.26 Å². The zero-order chi connectivity index (χ0) is 27.6. The molecule has 2 heterocycles. The summed E-state index contributed by atoms with van der Waals surface area (Å²) in [5.41, 5.74) is 2.42. The lowest BCUT2D eigenvalue weighted by atomic mass is 10.1. The molecule has 1 aliphatic rings. The van der Waals surface area contributed by atoms with Crippen LogP contribution in [0, 0.1) is 25.2 Å². The van der Waals surface area contributed by atoms with Crippen molar-refractivity contribution >= 4 is 64.2 Å². The van der Waals surface area contributed by atoms with E-state index in [-0.39, 0.29) is 28.3 Å². The second-order valence-corrected chi connectivity index (χ2v) is 10.5. The van der Waals surface area contributed by atoms with Gasteiger partial charge in [-0.2, -0.15) is 5.26 Å². The lowest BCUT2D eigenvalue weighted by molar-refractivity contribution is -0.121. The lowest BCUT2D eigenvalue weighted by Gasteiger charge is -2.16. The number of ether oxygens (including phenoxy) is 1. The second kappa shape index (κ2) is 11.4. The van der Waals surface area contributed by atoms with Crippen LogP contribution in [-0.4, -0.2) is 40.4 Å². The molecule has 1 saturated heterocycles. The highest BCUT2D eigenvalue weighted by Gasteiger charge is 2.41. The SMILES string of the molecule is Cc1cc(C)c(C#N)c(SC2CC(=O)N(c3ccc(C(=O)OCC(=O)c4ccc(Cl)cc4Cl)cc3)C2=O)n1. The van der Waals surface area contributed by atoms with E-state index in [1.807, 2.05) is 0 Å². The highest BCUT2D eigenvalue weighted by molar-refractivity contribution is 8.00. The number of pyridine rings is 1. The maximum absolute atomic E-state index is 13.1. The predicted octanol–water partition coefficient (Wildman–Crippen LogP) is 5.34. The van der Waals surface area contributed by atoms with Crippen LogP contribution >= 0.6 is 35.0 Å². The van der Waals surface area contributed by atoms with E-state index in [9.17, 15) is 24.4 Å². The zero-order valence-electron chi connectivity index (χ0n) is 20.2. The Morgan fingerprint density at radius 2 is 1.84 bits per heavy atom. The van der Waals surface area contributed by atoms with Crippen molar-refractivity contribution in [2.75, 3.05) is 11.5 Å². The molecule has 3 aromatic rings. The number of nitrogens with zero attached hydrogens (tertiary/aromatic N) is 3. The first-order valence-corrected chi connectivity index (χ1v) is 12.9. The average Bonchev–Trinajstić information content (AvgIpc) is 3.14. The first kappa shape index (κ1) is 27.3. The van der Waals surface area contributed by atoms with Crippen LogP contribution in [0.4, 0.5) is 5.69 Å². The molecule has 0 radical (unpaired) electrons. The van der Waals surface area contributed by atoms with Crippen molar-refractivity contribution in [3.63, 3.8) is 0 Å². The molecule has 1 atom stereocenters. The van der Waals surface area contributed by atoms with Gasteiger partial charge >= 0.3 is 5.97 Å². The number of carbonyl (C=O) groups excluding carboxylic acids is 4. The number of imide groups is 1. The minimum absolute atomic E-state index is 0.0534. The summed E-state index contributed by atoms with van der Waals surface area (Å²) in [5.74, 6) is -2.10. The maximum atomic E-state index is 13.1. The smallest absolute Gasteiger partial charge is 0.338 e. The topological polar surface area (TPSA) is 117 Å². The first-order valence-electron chi connectivity index (χ1n) is 11.3. The Kier molecular flexibility index (Phi) is 8.17. The molecule has 38 heavy (non-hydrogen) atoms. The van der Waals surface area contributed by atoms with Crippen LogP contribution in [0.2, 0.25) is 10.0 Å². The highest BCUT2D eigenvalue weighted by atomic mass is 35.5. The second-order valence-electron chi connectivity index (χ2n) is 8.42.